The smallest absolute Gasteiger partial charge is 0.337 e. The minimum absolute atomic E-state index is 0.00216. The number of nitrogens with zero attached hydrogens (tertiary/aromatic N) is 3. The summed E-state index contributed by atoms with van der Waals surface area (Å²) in [5.74, 6) is -0.0981. The number of benzene rings is 1. The highest BCUT2D eigenvalue weighted by atomic mass is 32.2. The highest BCUT2D eigenvalue weighted by Gasteiger charge is 2.35. The SMILES string of the molecule is CCN(C(=O)CN1CCN(c2ccc(C(=O)OC)cc2)CC1C)C1CCS(=O)(=O)C1. The normalized spacial score (nSPS) is 23.9. The summed E-state index contributed by atoms with van der Waals surface area (Å²) in [5, 5.41) is 0. The van der Waals surface area contributed by atoms with Crippen LogP contribution >= 0.6 is 0 Å². The minimum Gasteiger partial charge on any atom is -0.465 e. The monoisotopic (exact) mass is 437 g/mol. The number of anilines is 1. The van der Waals surface area contributed by atoms with Gasteiger partial charge in [-0.2, -0.15) is 0 Å². The maximum Gasteiger partial charge on any atom is 0.337 e. The zero-order chi connectivity index (χ0) is 21.9. The Hall–Kier alpha value is -2.13. The van der Waals surface area contributed by atoms with Gasteiger partial charge in [0.25, 0.3) is 0 Å². The zero-order valence-corrected chi connectivity index (χ0v) is 18.7. The van der Waals surface area contributed by atoms with Crippen molar-refractivity contribution < 1.29 is 22.7 Å². The Bertz CT molecular complexity index is 871. The van der Waals surface area contributed by atoms with Gasteiger partial charge in [0, 0.05) is 44.0 Å². The Morgan fingerprint density at radius 3 is 2.43 bits per heavy atom. The first-order valence-electron chi connectivity index (χ1n) is 10.4. The quantitative estimate of drug-likeness (QED) is 0.614. The Balaban J connectivity index is 1.57. The number of carbonyl (C=O) groups is 2. The van der Waals surface area contributed by atoms with Crippen LogP contribution in [0, 0.1) is 0 Å². The van der Waals surface area contributed by atoms with Gasteiger partial charge < -0.3 is 14.5 Å². The van der Waals surface area contributed by atoms with Crippen LogP contribution in [-0.4, -0.2) is 93.5 Å². The predicted molar refractivity (Wildman–Crippen MR) is 115 cm³/mol. The number of sulfone groups is 1. The number of methoxy groups -OCH3 is 1. The van der Waals surface area contributed by atoms with Gasteiger partial charge in [0.2, 0.25) is 5.91 Å². The number of ether oxygens (including phenoxy) is 1. The number of carbonyl (C=O) groups excluding carboxylic acids is 2. The van der Waals surface area contributed by atoms with Gasteiger partial charge in [-0.3, -0.25) is 9.69 Å². The Labute approximate surface area is 178 Å². The van der Waals surface area contributed by atoms with Crippen molar-refractivity contribution in [3.8, 4) is 0 Å². The third-order valence-corrected chi connectivity index (χ3v) is 7.82. The van der Waals surface area contributed by atoms with Gasteiger partial charge in [-0.25, -0.2) is 13.2 Å². The molecule has 0 bridgehead atoms. The lowest BCUT2D eigenvalue weighted by Crippen LogP contribution is -2.55. The number of likely N-dealkylation sites (N-methyl/N-ethyl adjacent to an activating group) is 1. The van der Waals surface area contributed by atoms with Crippen LogP contribution in [-0.2, 0) is 19.4 Å². The highest BCUT2D eigenvalue weighted by molar-refractivity contribution is 7.91. The lowest BCUT2D eigenvalue weighted by Gasteiger charge is -2.41. The first-order chi connectivity index (χ1) is 14.2. The molecule has 30 heavy (non-hydrogen) atoms. The molecular weight excluding hydrogens is 406 g/mol. The fourth-order valence-electron chi connectivity index (χ4n) is 4.31. The molecule has 3 rings (SSSR count). The van der Waals surface area contributed by atoms with Gasteiger partial charge in [0.1, 0.15) is 0 Å². The second-order valence-corrected chi connectivity index (χ2v) is 10.3. The van der Waals surface area contributed by atoms with Gasteiger partial charge >= 0.3 is 5.97 Å². The first-order valence-corrected chi connectivity index (χ1v) is 12.2. The predicted octanol–water partition coefficient (Wildman–Crippen LogP) is 1.02. The maximum absolute atomic E-state index is 12.9. The van der Waals surface area contributed by atoms with Gasteiger partial charge in [0.15, 0.2) is 9.84 Å². The highest BCUT2D eigenvalue weighted by Crippen LogP contribution is 2.22. The van der Waals surface area contributed by atoms with E-state index in [1.54, 1.807) is 17.0 Å². The first kappa shape index (κ1) is 22.6. The van der Waals surface area contributed by atoms with E-state index >= 15 is 0 Å². The van der Waals surface area contributed by atoms with Crippen molar-refractivity contribution in [2.75, 3.05) is 56.2 Å². The summed E-state index contributed by atoms with van der Waals surface area (Å²) in [6.07, 6.45) is 0.535. The molecule has 2 fully saturated rings. The molecule has 8 nitrogen and oxygen atoms in total. The minimum atomic E-state index is -3.02. The van der Waals surface area contributed by atoms with Gasteiger partial charge in [-0.05, 0) is 44.5 Å². The summed E-state index contributed by atoms with van der Waals surface area (Å²) in [5.41, 5.74) is 1.55. The lowest BCUT2D eigenvalue weighted by molar-refractivity contribution is -0.134. The fourth-order valence-corrected chi connectivity index (χ4v) is 6.05. The van der Waals surface area contributed by atoms with E-state index < -0.39 is 9.84 Å². The van der Waals surface area contributed by atoms with E-state index in [0.29, 0.717) is 25.1 Å². The molecule has 1 amide bonds. The molecule has 0 aliphatic carbocycles. The largest absolute Gasteiger partial charge is 0.465 e. The van der Waals surface area contributed by atoms with Gasteiger partial charge in [-0.15, -0.1) is 0 Å². The van der Waals surface area contributed by atoms with Crippen LogP contribution in [0.1, 0.15) is 30.6 Å². The summed E-state index contributed by atoms with van der Waals surface area (Å²) < 4.78 is 28.3. The molecular formula is C21H31N3O5S. The van der Waals surface area contributed by atoms with Crippen LogP contribution in [0.3, 0.4) is 0 Å². The average molecular weight is 438 g/mol. The number of amides is 1. The van der Waals surface area contributed by atoms with Crippen LogP contribution < -0.4 is 4.90 Å². The van der Waals surface area contributed by atoms with Crippen molar-refractivity contribution in [1.82, 2.24) is 9.80 Å². The number of hydrogen-bond acceptors (Lipinski definition) is 7. The third kappa shape index (κ3) is 5.13. The van der Waals surface area contributed by atoms with E-state index in [4.69, 9.17) is 4.74 Å². The summed E-state index contributed by atoms with van der Waals surface area (Å²) in [7, 11) is -1.65. The second-order valence-electron chi connectivity index (χ2n) is 8.04. The Morgan fingerprint density at radius 1 is 1.20 bits per heavy atom. The molecule has 166 valence electrons. The van der Waals surface area contributed by atoms with Crippen LogP contribution in [0.15, 0.2) is 24.3 Å². The molecule has 0 saturated carbocycles. The molecule has 2 saturated heterocycles. The summed E-state index contributed by atoms with van der Waals surface area (Å²) in [6.45, 7) is 7.13. The molecule has 1 aromatic rings. The molecule has 0 aromatic heterocycles. The molecule has 2 atom stereocenters. The van der Waals surface area contributed by atoms with E-state index in [9.17, 15) is 18.0 Å². The number of piperazine rings is 1. The summed E-state index contributed by atoms with van der Waals surface area (Å²) in [6, 6.07) is 7.33. The Morgan fingerprint density at radius 2 is 1.90 bits per heavy atom. The maximum atomic E-state index is 12.9. The number of rotatable bonds is 6. The molecule has 2 unspecified atom stereocenters. The van der Waals surface area contributed by atoms with Crippen LogP contribution in [0.2, 0.25) is 0 Å². The average Bonchev–Trinajstić information content (AvgIpc) is 3.08. The van der Waals surface area contributed by atoms with Crippen molar-refractivity contribution >= 4 is 27.4 Å². The molecule has 9 heteroatoms. The molecule has 1 aromatic carbocycles. The van der Waals surface area contributed by atoms with E-state index in [-0.39, 0.29) is 35.5 Å². The van der Waals surface area contributed by atoms with Crippen molar-refractivity contribution in [3.63, 3.8) is 0 Å². The third-order valence-electron chi connectivity index (χ3n) is 6.07. The fraction of sp³-hybridized carbons (Fsp3) is 0.619. The van der Waals surface area contributed by atoms with Crippen molar-refractivity contribution in [2.45, 2.75) is 32.4 Å². The molecule has 2 aliphatic heterocycles. The van der Waals surface area contributed by atoms with E-state index in [1.165, 1.54) is 7.11 Å². The molecule has 0 N–H and O–H groups in total. The van der Waals surface area contributed by atoms with Crippen molar-refractivity contribution in [1.29, 1.82) is 0 Å². The van der Waals surface area contributed by atoms with Gasteiger partial charge in [-0.1, -0.05) is 0 Å². The van der Waals surface area contributed by atoms with Crippen LogP contribution in [0.4, 0.5) is 5.69 Å². The summed E-state index contributed by atoms with van der Waals surface area (Å²) in [4.78, 5) is 30.6. The topological polar surface area (TPSA) is 87.2 Å². The van der Waals surface area contributed by atoms with E-state index in [2.05, 4.69) is 16.7 Å². The Kier molecular flexibility index (Phi) is 7.02. The van der Waals surface area contributed by atoms with E-state index in [0.717, 1.165) is 25.3 Å². The number of hydrogen-bond donors (Lipinski definition) is 0. The van der Waals surface area contributed by atoms with E-state index in [1.807, 2.05) is 19.1 Å². The van der Waals surface area contributed by atoms with Crippen LogP contribution in [0.5, 0.6) is 0 Å². The standard InChI is InChI=1S/C21H31N3O5S/c1-4-24(19-9-12-30(27,28)15-19)20(25)14-22-10-11-23(13-16(22)2)18-7-5-17(6-8-18)21(26)29-3/h5-8,16,19H,4,9-15H2,1-3H3. The lowest BCUT2D eigenvalue weighted by atomic mass is 10.1. The zero-order valence-electron chi connectivity index (χ0n) is 17.9. The molecule has 0 spiro atoms. The van der Waals surface area contributed by atoms with Crippen molar-refractivity contribution in [2.24, 2.45) is 0 Å². The summed E-state index contributed by atoms with van der Waals surface area (Å²) >= 11 is 0. The molecule has 2 aliphatic rings. The molecule has 0 radical (unpaired) electrons. The second kappa shape index (κ2) is 9.34. The van der Waals surface area contributed by atoms with Gasteiger partial charge in [0.05, 0.1) is 30.7 Å². The number of esters is 1. The van der Waals surface area contributed by atoms with Crippen molar-refractivity contribution in [3.05, 3.63) is 29.8 Å². The molecule has 2 heterocycles. The van der Waals surface area contributed by atoms with Crippen LogP contribution in [0.25, 0.3) is 0 Å².